The summed E-state index contributed by atoms with van der Waals surface area (Å²) in [5.41, 5.74) is 4.60. The molecule has 52 heavy (non-hydrogen) atoms. The number of carbonyl (C=O) groups excluding carboxylic acids is 1. The van der Waals surface area contributed by atoms with Crippen molar-refractivity contribution in [1.29, 1.82) is 0 Å². The van der Waals surface area contributed by atoms with Gasteiger partial charge in [0.05, 0.1) is 29.7 Å². The van der Waals surface area contributed by atoms with Crippen molar-refractivity contribution in [3.05, 3.63) is 160 Å². The zero-order valence-corrected chi connectivity index (χ0v) is 31.6. The number of fused-ring (bicyclic) bond motifs is 1. The van der Waals surface area contributed by atoms with Crippen molar-refractivity contribution in [2.45, 2.75) is 37.1 Å². The molecule has 1 N–H and O–H groups in total. The van der Waals surface area contributed by atoms with Gasteiger partial charge in [0.25, 0.3) is 27.3 Å². The molecule has 1 atom stereocenters. The van der Waals surface area contributed by atoms with E-state index in [2.05, 4.69) is 36.6 Å². The fourth-order valence-electron chi connectivity index (χ4n) is 5.85. The number of nitrogens with zero attached hydrogens (tertiary/aromatic N) is 3. The molecule has 0 saturated carbocycles. The summed E-state index contributed by atoms with van der Waals surface area (Å²) in [7, 11) is -4.55. The van der Waals surface area contributed by atoms with E-state index in [0.29, 0.717) is 20.3 Å². The summed E-state index contributed by atoms with van der Waals surface area (Å²) < 4.78 is 36.2. The van der Waals surface area contributed by atoms with Crippen LogP contribution < -0.4 is 9.46 Å². The first-order chi connectivity index (χ1) is 24.8. The number of halogens is 3. The maximum absolute atomic E-state index is 13.8. The first-order valence-electron chi connectivity index (χ1n) is 15.6. The number of rotatable bonds is 11. The Hall–Kier alpha value is -4.67. The standard InChI is InChI=1S/C36H27Br2ClN4O8S/c37-30-16-26-17-33(36(44)40-52(49,50)28-14-15-31(39)32(18-28)43(47)48)41(19-22-8-12-27(13-9-22)42(45)46)20-29(26)34(38)35(30)51-21-23-6-10-25(11-7-23)24-4-2-1-3-5-24/h1-16,18,33H,17,19-21H2,(H,40,44)/t33-/m0/s1. The SMILES string of the molecule is O=C(NS(=O)(=O)c1ccc(Cl)c([N+](=O)[O-])c1)[C@@H]1Cc2cc(Br)c(OCc3ccc(-c4ccccc4)cc3)c(Br)c2CN1Cc1ccc([N+](=O)[O-])cc1. The summed E-state index contributed by atoms with van der Waals surface area (Å²) in [5.74, 6) is -0.326. The van der Waals surface area contributed by atoms with Crippen LogP contribution >= 0.6 is 43.5 Å². The van der Waals surface area contributed by atoms with Crippen LogP contribution in [0.5, 0.6) is 5.75 Å². The van der Waals surface area contributed by atoms with Crippen molar-refractivity contribution >= 4 is 70.8 Å². The Morgan fingerprint density at radius 3 is 2.19 bits per heavy atom. The normalized spacial score (nSPS) is 14.3. The van der Waals surface area contributed by atoms with E-state index in [-0.39, 0.29) is 36.8 Å². The first-order valence-corrected chi connectivity index (χ1v) is 19.0. The second-order valence-corrected chi connectivity index (χ2v) is 15.6. The summed E-state index contributed by atoms with van der Waals surface area (Å²) >= 11 is 13.2. The highest BCUT2D eigenvalue weighted by atomic mass is 79.9. The third kappa shape index (κ3) is 8.18. The fraction of sp³-hybridized carbons (Fsp3) is 0.139. The average Bonchev–Trinajstić information content (AvgIpc) is 3.12. The number of non-ortho nitro benzene ring substituents is 1. The van der Waals surface area contributed by atoms with Crippen LogP contribution in [-0.4, -0.2) is 35.1 Å². The number of hydrogen-bond donors (Lipinski definition) is 1. The number of nitro groups is 2. The number of amides is 1. The summed E-state index contributed by atoms with van der Waals surface area (Å²) in [4.78, 5) is 36.4. The zero-order chi connectivity index (χ0) is 37.2. The van der Waals surface area contributed by atoms with Gasteiger partial charge >= 0.3 is 0 Å². The molecule has 5 aromatic rings. The molecule has 1 heterocycles. The van der Waals surface area contributed by atoms with E-state index in [4.69, 9.17) is 16.3 Å². The van der Waals surface area contributed by atoms with Gasteiger partial charge in [-0.05, 0) is 89.9 Å². The Balaban J connectivity index is 1.27. The van der Waals surface area contributed by atoms with Gasteiger partial charge < -0.3 is 4.74 Å². The second kappa shape index (κ2) is 15.5. The topological polar surface area (TPSA) is 162 Å². The van der Waals surface area contributed by atoms with Crippen molar-refractivity contribution in [3.63, 3.8) is 0 Å². The molecule has 0 radical (unpaired) electrons. The minimum atomic E-state index is -4.55. The maximum atomic E-state index is 13.8. The quantitative estimate of drug-likeness (QED) is 0.102. The van der Waals surface area contributed by atoms with Gasteiger partial charge in [0.2, 0.25) is 0 Å². The molecule has 0 aromatic heterocycles. The van der Waals surface area contributed by atoms with Crippen LogP contribution in [0.1, 0.15) is 22.3 Å². The van der Waals surface area contributed by atoms with Gasteiger partial charge in [-0.2, -0.15) is 0 Å². The molecule has 0 fully saturated rings. The number of hydrogen-bond acceptors (Lipinski definition) is 9. The smallest absolute Gasteiger partial charge is 0.289 e. The number of carbonyl (C=O) groups is 1. The van der Waals surface area contributed by atoms with Gasteiger partial charge in [-0.3, -0.25) is 29.9 Å². The summed E-state index contributed by atoms with van der Waals surface area (Å²) in [6, 6.07) is 27.6. The van der Waals surface area contributed by atoms with Crippen LogP contribution in [0.25, 0.3) is 11.1 Å². The largest absolute Gasteiger partial charge is 0.487 e. The van der Waals surface area contributed by atoms with E-state index in [9.17, 15) is 33.4 Å². The molecule has 6 rings (SSSR count). The highest BCUT2D eigenvalue weighted by molar-refractivity contribution is 9.11. The van der Waals surface area contributed by atoms with Crippen LogP contribution in [0, 0.1) is 20.2 Å². The van der Waals surface area contributed by atoms with Gasteiger partial charge in [0.1, 0.15) is 17.4 Å². The second-order valence-electron chi connectivity index (χ2n) is 11.9. The number of nitrogens with one attached hydrogen (secondary N) is 1. The predicted molar refractivity (Wildman–Crippen MR) is 201 cm³/mol. The van der Waals surface area contributed by atoms with Crippen molar-refractivity contribution in [1.82, 2.24) is 9.62 Å². The molecule has 0 aliphatic carbocycles. The van der Waals surface area contributed by atoms with E-state index in [0.717, 1.165) is 46.0 Å². The van der Waals surface area contributed by atoms with Gasteiger partial charge in [-0.25, -0.2) is 13.1 Å². The van der Waals surface area contributed by atoms with Crippen LogP contribution in [-0.2, 0) is 40.9 Å². The summed E-state index contributed by atoms with van der Waals surface area (Å²) in [6.07, 6.45) is 0.0862. The Bertz CT molecular complexity index is 2290. The predicted octanol–water partition coefficient (Wildman–Crippen LogP) is 8.36. The van der Waals surface area contributed by atoms with Crippen molar-refractivity contribution in [2.24, 2.45) is 0 Å². The third-order valence-corrected chi connectivity index (χ3v) is 11.6. The molecule has 12 nitrogen and oxygen atoms in total. The lowest BCUT2D eigenvalue weighted by Gasteiger charge is -2.37. The molecule has 16 heteroatoms. The Kier molecular flexibility index (Phi) is 11.1. The lowest BCUT2D eigenvalue weighted by atomic mass is 9.92. The molecule has 1 aliphatic heterocycles. The van der Waals surface area contributed by atoms with E-state index >= 15 is 0 Å². The minimum Gasteiger partial charge on any atom is -0.487 e. The van der Waals surface area contributed by atoms with E-state index in [1.54, 1.807) is 17.0 Å². The van der Waals surface area contributed by atoms with Crippen molar-refractivity contribution < 1.29 is 27.8 Å². The van der Waals surface area contributed by atoms with Gasteiger partial charge in [-0.1, -0.05) is 78.3 Å². The highest BCUT2D eigenvalue weighted by Crippen LogP contribution is 2.42. The van der Waals surface area contributed by atoms with Crippen LogP contribution in [0.15, 0.2) is 117 Å². The molecular weight excluding hydrogens is 844 g/mol. The molecule has 5 aromatic carbocycles. The van der Waals surface area contributed by atoms with E-state index in [1.807, 2.05) is 60.7 Å². The fourth-order valence-corrected chi connectivity index (χ4v) is 8.63. The third-order valence-electron chi connectivity index (χ3n) is 8.52. The maximum Gasteiger partial charge on any atom is 0.289 e. The molecule has 0 bridgehead atoms. The summed E-state index contributed by atoms with van der Waals surface area (Å²) in [5, 5.41) is 22.4. The number of sulfonamides is 1. The first kappa shape index (κ1) is 37.1. The minimum absolute atomic E-state index is 0.0862. The zero-order valence-electron chi connectivity index (χ0n) is 26.9. The molecule has 0 spiro atoms. The molecular formula is C36H27Br2ClN4O8S. The van der Waals surface area contributed by atoms with E-state index in [1.165, 1.54) is 12.1 Å². The lowest BCUT2D eigenvalue weighted by molar-refractivity contribution is -0.385. The number of ether oxygens (including phenoxy) is 1. The van der Waals surface area contributed by atoms with Gasteiger partial charge in [-0.15, -0.1) is 0 Å². The van der Waals surface area contributed by atoms with Crippen molar-refractivity contribution in [2.75, 3.05) is 0 Å². The average molecular weight is 871 g/mol. The monoisotopic (exact) mass is 868 g/mol. The highest BCUT2D eigenvalue weighted by Gasteiger charge is 2.36. The Morgan fingerprint density at radius 2 is 1.54 bits per heavy atom. The Labute approximate surface area is 320 Å². The van der Waals surface area contributed by atoms with Gasteiger partial charge in [0.15, 0.2) is 0 Å². The van der Waals surface area contributed by atoms with Gasteiger partial charge in [0, 0.05) is 31.3 Å². The number of benzene rings is 5. The molecule has 1 amide bonds. The van der Waals surface area contributed by atoms with E-state index < -0.39 is 42.4 Å². The van der Waals surface area contributed by atoms with Crippen molar-refractivity contribution in [3.8, 4) is 16.9 Å². The molecule has 0 saturated heterocycles. The lowest BCUT2D eigenvalue weighted by Crippen LogP contribution is -2.51. The summed E-state index contributed by atoms with van der Waals surface area (Å²) in [6.45, 7) is 0.574. The van der Waals surface area contributed by atoms with Crippen LogP contribution in [0.4, 0.5) is 11.4 Å². The molecule has 0 unspecified atom stereocenters. The Morgan fingerprint density at radius 1 is 0.885 bits per heavy atom. The number of nitro benzene ring substituents is 2. The van der Waals surface area contributed by atoms with Crippen LogP contribution in [0.2, 0.25) is 5.02 Å². The molecule has 266 valence electrons. The molecule has 1 aliphatic rings. The van der Waals surface area contributed by atoms with Crippen LogP contribution in [0.3, 0.4) is 0 Å².